The van der Waals surface area contributed by atoms with Crippen LogP contribution in [0.2, 0.25) is 0 Å². The first kappa shape index (κ1) is 19.4. The summed E-state index contributed by atoms with van der Waals surface area (Å²) in [7, 11) is 0. The van der Waals surface area contributed by atoms with Crippen molar-refractivity contribution in [1.29, 1.82) is 0 Å². The average Bonchev–Trinajstić information content (AvgIpc) is 3.32. The molecule has 0 radical (unpaired) electrons. The Hall–Kier alpha value is -2.94. The second-order valence-corrected chi connectivity index (χ2v) is 7.90. The van der Waals surface area contributed by atoms with E-state index in [-0.39, 0.29) is 36.0 Å². The maximum Gasteiger partial charge on any atom is 0.319 e. The summed E-state index contributed by atoms with van der Waals surface area (Å²) in [6, 6.07) is 8.70. The maximum absolute atomic E-state index is 12.4. The molecule has 1 aromatic carbocycles. The first-order valence-corrected chi connectivity index (χ1v) is 9.98. The first-order chi connectivity index (χ1) is 14.0. The molecule has 154 valence electrons. The molecule has 3 N–H and O–H groups in total. The fraction of sp³-hybridized carbons (Fsp3) is 0.500. The number of carbonyl (C=O) groups excluding carboxylic acids is 2. The van der Waals surface area contributed by atoms with Crippen molar-refractivity contribution in [1.82, 2.24) is 25.7 Å². The van der Waals surface area contributed by atoms with Gasteiger partial charge in [0.15, 0.2) is 0 Å². The quantitative estimate of drug-likeness (QED) is 0.704. The Morgan fingerprint density at radius 3 is 2.83 bits per heavy atom. The van der Waals surface area contributed by atoms with Crippen molar-refractivity contribution in [3.8, 4) is 0 Å². The van der Waals surface area contributed by atoms with Gasteiger partial charge in [-0.05, 0) is 18.6 Å². The van der Waals surface area contributed by atoms with Gasteiger partial charge in [-0.15, -0.1) is 10.2 Å². The number of rotatable bonds is 5. The third-order valence-electron chi connectivity index (χ3n) is 5.38. The molecule has 2 fully saturated rings. The molecule has 0 bridgehead atoms. The van der Waals surface area contributed by atoms with Crippen LogP contribution in [0.5, 0.6) is 0 Å². The Bertz CT molecular complexity index is 868. The van der Waals surface area contributed by atoms with Gasteiger partial charge in [0.25, 0.3) is 0 Å². The zero-order valence-corrected chi connectivity index (χ0v) is 16.6. The van der Waals surface area contributed by atoms with Crippen LogP contribution in [-0.4, -0.2) is 58.3 Å². The number of carbonyl (C=O) groups is 2. The fourth-order valence-corrected chi connectivity index (χ4v) is 3.93. The number of nitrogens with zero attached hydrogens (tertiary/aromatic N) is 3. The molecule has 0 saturated carbocycles. The molecule has 3 amide bonds. The standard InChI is InChI=1S/C20H26N6O3/c1-12(2)19-25-24-17(29-19)9-15-10-21-18(27)16-8-14(11-26(15)16)23-20(28)22-13-6-4-3-5-7-13/h3-7,12,14-16H,8-11H2,1-2H3,(H,21,27)(H2,22,23,28)/t14-,15+,16-/m0/s1. The number of para-hydroxylation sites is 1. The summed E-state index contributed by atoms with van der Waals surface area (Å²) >= 11 is 0. The minimum absolute atomic E-state index is 0.00224. The van der Waals surface area contributed by atoms with Crippen LogP contribution in [0, 0.1) is 0 Å². The van der Waals surface area contributed by atoms with E-state index in [0.717, 1.165) is 5.69 Å². The Morgan fingerprint density at radius 1 is 1.31 bits per heavy atom. The molecule has 0 unspecified atom stereocenters. The number of urea groups is 1. The number of piperazine rings is 1. The normalized spacial score (nSPS) is 24.2. The van der Waals surface area contributed by atoms with Crippen molar-refractivity contribution in [3.05, 3.63) is 42.1 Å². The van der Waals surface area contributed by atoms with Crippen LogP contribution in [0.1, 0.15) is 38.0 Å². The lowest BCUT2D eigenvalue weighted by Gasteiger charge is -2.36. The predicted octanol–water partition coefficient (Wildman–Crippen LogP) is 1.50. The number of benzene rings is 1. The SMILES string of the molecule is CC(C)c1nnc(C[C@@H]2CNC(=O)[C@@H]3C[C@H](NC(=O)Nc4ccccc4)CN23)o1. The Morgan fingerprint density at radius 2 is 2.10 bits per heavy atom. The molecular weight excluding hydrogens is 372 g/mol. The van der Waals surface area contributed by atoms with Gasteiger partial charge in [0, 0.05) is 43.2 Å². The van der Waals surface area contributed by atoms with Crippen LogP contribution in [0.4, 0.5) is 10.5 Å². The minimum Gasteiger partial charge on any atom is -0.425 e. The number of anilines is 1. The molecule has 2 aromatic rings. The largest absolute Gasteiger partial charge is 0.425 e. The number of fused-ring (bicyclic) bond motifs is 1. The zero-order chi connectivity index (χ0) is 20.4. The summed E-state index contributed by atoms with van der Waals surface area (Å²) < 4.78 is 5.74. The highest BCUT2D eigenvalue weighted by molar-refractivity contribution is 5.89. The van der Waals surface area contributed by atoms with Crippen LogP contribution in [0.15, 0.2) is 34.7 Å². The van der Waals surface area contributed by atoms with Crippen molar-refractivity contribution in [2.45, 2.75) is 50.7 Å². The van der Waals surface area contributed by atoms with Gasteiger partial charge in [0.2, 0.25) is 17.7 Å². The molecule has 3 heterocycles. The molecule has 2 aliphatic rings. The van der Waals surface area contributed by atoms with Gasteiger partial charge in [-0.25, -0.2) is 4.79 Å². The molecular formula is C20H26N6O3. The van der Waals surface area contributed by atoms with E-state index in [1.807, 2.05) is 44.2 Å². The molecule has 1 aromatic heterocycles. The van der Waals surface area contributed by atoms with Crippen LogP contribution in [-0.2, 0) is 11.2 Å². The minimum atomic E-state index is -0.267. The van der Waals surface area contributed by atoms with E-state index >= 15 is 0 Å². The first-order valence-electron chi connectivity index (χ1n) is 9.98. The molecule has 29 heavy (non-hydrogen) atoms. The third kappa shape index (κ3) is 4.40. The van der Waals surface area contributed by atoms with Gasteiger partial charge in [0.1, 0.15) is 0 Å². The second kappa shape index (κ2) is 8.20. The van der Waals surface area contributed by atoms with E-state index in [2.05, 4.69) is 31.0 Å². The molecule has 9 heteroatoms. The van der Waals surface area contributed by atoms with Crippen LogP contribution >= 0.6 is 0 Å². The van der Waals surface area contributed by atoms with Crippen molar-refractivity contribution >= 4 is 17.6 Å². The molecule has 0 spiro atoms. The zero-order valence-electron chi connectivity index (χ0n) is 16.6. The summed E-state index contributed by atoms with van der Waals surface area (Å²) in [5, 5.41) is 17.0. The van der Waals surface area contributed by atoms with Crippen molar-refractivity contribution in [2.75, 3.05) is 18.4 Å². The van der Waals surface area contributed by atoms with Gasteiger partial charge in [-0.3, -0.25) is 9.69 Å². The number of nitrogens with one attached hydrogen (secondary N) is 3. The molecule has 3 atom stereocenters. The number of amides is 3. The van der Waals surface area contributed by atoms with E-state index in [0.29, 0.717) is 37.7 Å². The van der Waals surface area contributed by atoms with Gasteiger partial charge in [0.05, 0.1) is 6.04 Å². The second-order valence-electron chi connectivity index (χ2n) is 7.90. The van der Waals surface area contributed by atoms with Crippen LogP contribution < -0.4 is 16.0 Å². The van der Waals surface area contributed by atoms with Crippen molar-refractivity contribution in [2.24, 2.45) is 0 Å². The lowest BCUT2D eigenvalue weighted by molar-refractivity contribution is -0.129. The monoisotopic (exact) mass is 398 g/mol. The summed E-state index contributed by atoms with van der Waals surface area (Å²) in [4.78, 5) is 26.8. The van der Waals surface area contributed by atoms with Gasteiger partial charge in [-0.1, -0.05) is 32.0 Å². The summed E-state index contributed by atoms with van der Waals surface area (Å²) in [5.74, 6) is 1.38. The Labute approximate surface area is 169 Å². The van der Waals surface area contributed by atoms with Gasteiger partial charge < -0.3 is 20.4 Å². The summed E-state index contributed by atoms with van der Waals surface area (Å²) in [6.07, 6.45) is 1.14. The van der Waals surface area contributed by atoms with E-state index in [1.165, 1.54) is 0 Å². The number of hydrogen-bond acceptors (Lipinski definition) is 6. The Kier molecular flexibility index (Phi) is 5.48. The molecule has 2 aliphatic heterocycles. The average molecular weight is 398 g/mol. The van der Waals surface area contributed by atoms with Crippen LogP contribution in [0.3, 0.4) is 0 Å². The topological polar surface area (TPSA) is 112 Å². The Balaban J connectivity index is 1.38. The highest BCUT2D eigenvalue weighted by Gasteiger charge is 2.44. The lowest BCUT2D eigenvalue weighted by Crippen LogP contribution is -2.58. The molecule has 9 nitrogen and oxygen atoms in total. The van der Waals surface area contributed by atoms with E-state index in [4.69, 9.17) is 4.42 Å². The highest BCUT2D eigenvalue weighted by Crippen LogP contribution is 2.26. The molecule has 0 aliphatic carbocycles. The van der Waals surface area contributed by atoms with Gasteiger partial charge >= 0.3 is 6.03 Å². The van der Waals surface area contributed by atoms with Crippen LogP contribution in [0.25, 0.3) is 0 Å². The number of hydrogen-bond donors (Lipinski definition) is 3. The number of aromatic nitrogens is 2. The van der Waals surface area contributed by atoms with E-state index in [1.54, 1.807) is 0 Å². The summed E-state index contributed by atoms with van der Waals surface area (Å²) in [5.41, 5.74) is 0.730. The van der Waals surface area contributed by atoms with Crippen molar-refractivity contribution < 1.29 is 14.0 Å². The van der Waals surface area contributed by atoms with Crippen molar-refractivity contribution in [3.63, 3.8) is 0 Å². The smallest absolute Gasteiger partial charge is 0.319 e. The predicted molar refractivity (Wildman–Crippen MR) is 106 cm³/mol. The fourth-order valence-electron chi connectivity index (χ4n) is 3.93. The molecule has 4 rings (SSSR count). The van der Waals surface area contributed by atoms with Gasteiger partial charge in [-0.2, -0.15) is 0 Å². The summed E-state index contributed by atoms with van der Waals surface area (Å²) in [6.45, 7) is 5.14. The highest BCUT2D eigenvalue weighted by atomic mass is 16.4. The van der Waals surface area contributed by atoms with E-state index in [9.17, 15) is 9.59 Å². The third-order valence-corrected chi connectivity index (χ3v) is 5.38. The molecule has 2 saturated heterocycles. The maximum atomic E-state index is 12.4. The lowest BCUT2D eigenvalue weighted by atomic mass is 10.1. The van der Waals surface area contributed by atoms with E-state index < -0.39 is 0 Å².